The summed E-state index contributed by atoms with van der Waals surface area (Å²) in [5, 5.41) is 9.86. The van der Waals surface area contributed by atoms with Crippen molar-refractivity contribution in [1.82, 2.24) is 0 Å². The Hall–Kier alpha value is -2.12. The van der Waals surface area contributed by atoms with Crippen LogP contribution in [-0.2, 0) is 6.42 Å². The molecule has 1 fully saturated rings. The summed E-state index contributed by atoms with van der Waals surface area (Å²) < 4.78 is 0. The number of hydrogen-bond donors (Lipinski definition) is 1. The van der Waals surface area contributed by atoms with Gasteiger partial charge in [-0.05, 0) is 123 Å². The van der Waals surface area contributed by atoms with Crippen molar-refractivity contribution in [2.24, 2.45) is 23.7 Å². The zero-order valence-electron chi connectivity index (χ0n) is 22.9. The molecule has 1 saturated carbocycles. The maximum absolute atomic E-state index is 9.86. The van der Waals surface area contributed by atoms with E-state index in [1.165, 1.54) is 98.5 Å². The number of aliphatic hydroxyl groups is 1. The van der Waals surface area contributed by atoms with Crippen molar-refractivity contribution in [2.45, 2.75) is 90.9 Å². The highest BCUT2D eigenvalue weighted by atomic mass is 16.3. The molecule has 36 heavy (non-hydrogen) atoms. The smallest absolute Gasteiger partial charge is 0.0464 e. The van der Waals surface area contributed by atoms with E-state index in [2.05, 4.69) is 75.0 Å². The molecule has 0 saturated heterocycles. The first-order valence-electron chi connectivity index (χ1n) is 14.7. The summed E-state index contributed by atoms with van der Waals surface area (Å²) in [5.41, 5.74) is 8.25. The number of unbranched alkanes of at least 4 members (excludes halogenated alkanes) is 2. The van der Waals surface area contributed by atoms with E-state index in [0.717, 1.165) is 18.3 Å². The predicted molar refractivity (Wildman–Crippen MR) is 156 cm³/mol. The standard InChI is InChI=1S/C35H48O/c1-4-5-6-7-27-8-10-28(11-9-27)29-12-14-30(15-13-29)31-16-18-32(19-17-31)33-20-22-34(23-21-33)35(25-36)24-26(2)3/h8-16,32-36H,2,4-7,17-25H2,1,3H3. The van der Waals surface area contributed by atoms with E-state index < -0.39 is 0 Å². The van der Waals surface area contributed by atoms with Gasteiger partial charge in [0.15, 0.2) is 0 Å². The van der Waals surface area contributed by atoms with Gasteiger partial charge in [0, 0.05) is 6.61 Å². The van der Waals surface area contributed by atoms with Crippen LogP contribution in [0.5, 0.6) is 0 Å². The van der Waals surface area contributed by atoms with Crippen LogP contribution in [0.4, 0.5) is 0 Å². The first-order chi connectivity index (χ1) is 17.6. The molecule has 1 nitrogen and oxygen atoms in total. The Morgan fingerprint density at radius 2 is 1.50 bits per heavy atom. The molecule has 1 heteroatoms. The van der Waals surface area contributed by atoms with Crippen LogP contribution in [0, 0.1) is 23.7 Å². The van der Waals surface area contributed by atoms with Crippen molar-refractivity contribution in [3.05, 3.63) is 77.9 Å². The van der Waals surface area contributed by atoms with Crippen molar-refractivity contribution in [3.8, 4) is 11.1 Å². The third-order valence-corrected chi connectivity index (χ3v) is 9.06. The second-order valence-electron chi connectivity index (χ2n) is 11.8. The summed E-state index contributed by atoms with van der Waals surface area (Å²) in [5.74, 6) is 2.83. The second kappa shape index (κ2) is 13.4. The number of rotatable bonds is 11. The summed E-state index contributed by atoms with van der Waals surface area (Å²) in [4.78, 5) is 0. The first kappa shape index (κ1) is 26.9. The van der Waals surface area contributed by atoms with Crippen LogP contribution in [0.3, 0.4) is 0 Å². The summed E-state index contributed by atoms with van der Waals surface area (Å²) >= 11 is 0. The van der Waals surface area contributed by atoms with Gasteiger partial charge in [0.2, 0.25) is 0 Å². The average molecular weight is 485 g/mol. The predicted octanol–water partition coefficient (Wildman–Crippen LogP) is 9.65. The van der Waals surface area contributed by atoms with E-state index in [1.807, 2.05) is 0 Å². The molecule has 2 unspecified atom stereocenters. The third kappa shape index (κ3) is 7.22. The van der Waals surface area contributed by atoms with Gasteiger partial charge in [-0.1, -0.05) is 79.9 Å². The van der Waals surface area contributed by atoms with Crippen molar-refractivity contribution in [3.63, 3.8) is 0 Å². The van der Waals surface area contributed by atoms with Crippen LogP contribution >= 0.6 is 0 Å². The maximum Gasteiger partial charge on any atom is 0.0464 e. The van der Waals surface area contributed by atoms with Gasteiger partial charge in [-0.25, -0.2) is 0 Å². The van der Waals surface area contributed by atoms with E-state index in [9.17, 15) is 5.11 Å². The minimum Gasteiger partial charge on any atom is -0.396 e. The minimum atomic E-state index is 0.320. The van der Waals surface area contributed by atoms with Crippen LogP contribution in [-0.4, -0.2) is 11.7 Å². The van der Waals surface area contributed by atoms with E-state index in [0.29, 0.717) is 18.4 Å². The second-order valence-corrected chi connectivity index (χ2v) is 11.8. The monoisotopic (exact) mass is 484 g/mol. The zero-order chi connectivity index (χ0) is 25.3. The molecule has 2 aliphatic carbocycles. The maximum atomic E-state index is 9.86. The van der Waals surface area contributed by atoms with Crippen LogP contribution < -0.4 is 0 Å². The molecular formula is C35H48O. The summed E-state index contributed by atoms with van der Waals surface area (Å²) in [7, 11) is 0. The highest BCUT2D eigenvalue weighted by Gasteiger charge is 2.31. The lowest BCUT2D eigenvalue weighted by molar-refractivity contribution is 0.113. The van der Waals surface area contributed by atoms with E-state index in [-0.39, 0.29) is 0 Å². The fraction of sp³-hybridized carbons (Fsp3) is 0.543. The van der Waals surface area contributed by atoms with Gasteiger partial charge in [0.05, 0.1) is 0 Å². The fourth-order valence-electron chi connectivity index (χ4n) is 6.78. The number of hydrogen-bond acceptors (Lipinski definition) is 1. The van der Waals surface area contributed by atoms with E-state index in [1.54, 1.807) is 5.57 Å². The number of aryl methyl sites for hydroxylation is 1. The quantitative estimate of drug-likeness (QED) is 0.248. The highest BCUT2D eigenvalue weighted by Crippen LogP contribution is 2.43. The molecule has 1 N–H and O–H groups in total. The highest BCUT2D eigenvalue weighted by molar-refractivity contribution is 5.71. The summed E-state index contributed by atoms with van der Waals surface area (Å²) in [6.45, 7) is 8.76. The number of benzene rings is 2. The molecule has 0 spiro atoms. The Balaban J connectivity index is 1.28. The molecule has 194 valence electrons. The van der Waals surface area contributed by atoms with Gasteiger partial charge >= 0.3 is 0 Å². The molecule has 2 aliphatic rings. The van der Waals surface area contributed by atoms with Gasteiger partial charge in [-0.3, -0.25) is 0 Å². The Labute approximate surface area is 220 Å². The molecule has 0 bridgehead atoms. The lowest BCUT2D eigenvalue weighted by Crippen LogP contribution is -2.28. The molecule has 0 aromatic heterocycles. The summed E-state index contributed by atoms with van der Waals surface area (Å²) in [6.07, 6.45) is 17.7. The lowest BCUT2D eigenvalue weighted by atomic mass is 9.68. The van der Waals surface area contributed by atoms with Crippen LogP contribution in [0.15, 0.2) is 66.8 Å². The van der Waals surface area contributed by atoms with Gasteiger partial charge in [-0.15, -0.1) is 6.58 Å². The Bertz CT molecular complexity index is 972. The third-order valence-electron chi connectivity index (χ3n) is 9.06. The van der Waals surface area contributed by atoms with Crippen molar-refractivity contribution >= 4 is 5.57 Å². The normalized spacial score (nSPS) is 23.2. The molecule has 2 aromatic carbocycles. The first-order valence-corrected chi connectivity index (χ1v) is 14.7. The zero-order valence-corrected chi connectivity index (χ0v) is 22.9. The SMILES string of the molecule is C=C(C)CC(CO)C1CCC(C2CC=C(c3ccc(-c4ccc(CCCCC)cc4)cc3)CC2)CC1. The molecule has 2 atom stereocenters. The molecule has 0 amide bonds. The molecule has 0 heterocycles. The lowest BCUT2D eigenvalue weighted by Gasteiger charge is -2.38. The largest absolute Gasteiger partial charge is 0.396 e. The van der Waals surface area contributed by atoms with Crippen molar-refractivity contribution in [2.75, 3.05) is 6.61 Å². The van der Waals surface area contributed by atoms with E-state index in [4.69, 9.17) is 0 Å². The van der Waals surface area contributed by atoms with Gasteiger partial charge in [0.1, 0.15) is 0 Å². The minimum absolute atomic E-state index is 0.320. The Morgan fingerprint density at radius 1 is 0.861 bits per heavy atom. The summed E-state index contributed by atoms with van der Waals surface area (Å²) in [6, 6.07) is 18.5. The topological polar surface area (TPSA) is 20.2 Å². The van der Waals surface area contributed by atoms with Gasteiger partial charge in [-0.2, -0.15) is 0 Å². The number of allylic oxidation sites excluding steroid dienone is 3. The molecule has 4 rings (SSSR count). The fourth-order valence-corrected chi connectivity index (χ4v) is 6.78. The average Bonchev–Trinajstić information content (AvgIpc) is 2.92. The van der Waals surface area contributed by atoms with Crippen LogP contribution in [0.2, 0.25) is 0 Å². The van der Waals surface area contributed by atoms with Gasteiger partial charge < -0.3 is 5.11 Å². The number of aliphatic hydroxyl groups excluding tert-OH is 1. The molecular weight excluding hydrogens is 436 g/mol. The Morgan fingerprint density at radius 3 is 2.06 bits per heavy atom. The van der Waals surface area contributed by atoms with Crippen molar-refractivity contribution < 1.29 is 5.11 Å². The van der Waals surface area contributed by atoms with Gasteiger partial charge in [0.25, 0.3) is 0 Å². The van der Waals surface area contributed by atoms with E-state index >= 15 is 0 Å². The molecule has 0 radical (unpaired) electrons. The van der Waals surface area contributed by atoms with Crippen LogP contribution in [0.1, 0.15) is 95.6 Å². The molecule has 0 aliphatic heterocycles. The Kier molecular flexibility index (Phi) is 10.0. The molecule has 2 aromatic rings. The van der Waals surface area contributed by atoms with Crippen LogP contribution in [0.25, 0.3) is 16.7 Å². The van der Waals surface area contributed by atoms with Crippen molar-refractivity contribution in [1.29, 1.82) is 0 Å².